The first-order valence-corrected chi connectivity index (χ1v) is 9.62. The van der Waals surface area contributed by atoms with Gasteiger partial charge in [0.15, 0.2) is 0 Å². The fourth-order valence-corrected chi connectivity index (χ4v) is 3.48. The van der Waals surface area contributed by atoms with Gasteiger partial charge in [-0.3, -0.25) is 4.79 Å². The molecule has 1 N–H and O–H groups in total. The highest BCUT2D eigenvalue weighted by Gasteiger charge is 2.12. The van der Waals surface area contributed by atoms with Crippen LogP contribution in [0, 0.1) is 11.3 Å². The molecule has 3 rings (SSSR count). The summed E-state index contributed by atoms with van der Waals surface area (Å²) in [5.74, 6) is -0.0577. The van der Waals surface area contributed by atoms with E-state index in [1.807, 2.05) is 18.2 Å². The van der Waals surface area contributed by atoms with Crippen LogP contribution < -0.4 is 10.1 Å². The number of carbonyl (C=O) groups excluding carboxylic acids is 1. The molecule has 1 heterocycles. The Morgan fingerprint density at radius 3 is 2.64 bits per heavy atom. The first kappa shape index (κ1) is 19.9. The molecule has 3 aromatic rings. The molecule has 0 radical (unpaired) electrons. The van der Waals surface area contributed by atoms with Crippen LogP contribution in [0.2, 0.25) is 10.0 Å². The SMILES string of the molecule is COc1ccc(NC(=O)/C(C#N)=C/c2csc(-c3ccc(Cl)cc3)n2)cc1Cl. The lowest BCUT2D eigenvalue weighted by Gasteiger charge is -2.07. The van der Waals surface area contributed by atoms with Crippen molar-refractivity contribution >= 4 is 52.2 Å². The number of carbonyl (C=O) groups is 1. The van der Waals surface area contributed by atoms with Crippen LogP contribution >= 0.6 is 34.5 Å². The highest BCUT2D eigenvalue weighted by atomic mass is 35.5. The molecule has 0 saturated heterocycles. The molecule has 0 bridgehead atoms. The van der Waals surface area contributed by atoms with Crippen molar-refractivity contribution in [3.05, 3.63) is 69.2 Å². The van der Waals surface area contributed by atoms with Crippen LogP contribution in [0.3, 0.4) is 0 Å². The summed E-state index contributed by atoms with van der Waals surface area (Å²) < 4.78 is 5.08. The minimum absolute atomic E-state index is 0.0695. The predicted octanol–water partition coefficient (Wildman–Crippen LogP) is 5.67. The molecule has 0 saturated carbocycles. The molecule has 8 heteroatoms. The van der Waals surface area contributed by atoms with Crippen molar-refractivity contribution in [2.24, 2.45) is 0 Å². The van der Waals surface area contributed by atoms with E-state index in [0.717, 1.165) is 10.6 Å². The average Bonchev–Trinajstić information content (AvgIpc) is 3.15. The zero-order valence-corrected chi connectivity index (χ0v) is 16.9. The lowest BCUT2D eigenvalue weighted by Crippen LogP contribution is -2.13. The Hall–Kier alpha value is -2.85. The molecule has 1 amide bonds. The number of halogens is 2. The number of rotatable bonds is 5. The van der Waals surface area contributed by atoms with Crippen molar-refractivity contribution in [1.29, 1.82) is 5.26 Å². The van der Waals surface area contributed by atoms with E-state index in [2.05, 4.69) is 10.3 Å². The topological polar surface area (TPSA) is 75.0 Å². The molecule has 1 aromatic heterocycles. The first-order valence-electron chi connectivity index (χ1n) is 7.98. The molecule has 2 aromatic carbocycles. The van der Waals surface area contributed by atoms with Crippen molar-refractivity contribution < 1.29 is 9.53 Å². The fourth-order valence-electron chi connectivity index (χ4n) is 2.32. The standard InChI is InChI=1S/C20H13Cl2N3O2S/c1-27-18-7-6-15(9-17(18)22)24-19(26)13(10-23)8-16-11-28-20(25-16)12-2-4-14(21)5-3-12/h2-9,11H,1H3,(H,24,26)/b13-8+. The number of thiazole rings is 1. The number of hydrogen-bond donors (Lipinski definition) is 1. The molecule has 0 spiro atoms. The monoisotopic (exact) mass is 429 g/mol. The smallest absolute Gasteiger partial charge is 0.266 e. The van der Waals surface area contributed by atoms with Gasteiger partial charge in [-0.2, -0.15) is 5.26 Å². The van der Waals surface area contributed by atoms with Gasteiger partial charge in [-0.05, 0) is 36.4 Å². The van der Waals surface area contributed by atoms with E-state index < -0.39 is 5.91 Å². The Morgan fingerprint density at radius 1 is 1.25 bits per heavy atom. The third-order valence-electron chi connectivity index (χ3n) is 3.68. The van der Waals surface area contributed by atoms with Gasteiger partial charge in [0.2, 0.25) is 0 Å². The molecular weight excluding hydrogens is 417 g/mol. The van der Waals surface area contributed by atoms with Gasteiger partial charge in [0.1, 0.15) is 22.4 Å². The molecule has 0 aliphatic rings. The summed E-state index contributed by atoms with van der Waals surface area (Å²) in [5.41, 5.74) is 1.82. The number of methoxy groups -OCH3 is 1. The van der Waals surface area contributed by atoms with Gasteiger partial charge < -0.3 is 10.1 Å². The molecule has 140 valence electrons. The fraction of sp³-hybridized carbons (Fsp3) is 0.0500. The van der Waals surface area contributed by atoms with Gasteiger partial charge in [0, 0.05) is 21.7 Å². The summed E-state index contributed by atoms with van der Waals surface area (Å²) in [7, 11) is 1.50. The summed E-state index contributed by atoms with van der Waals surface area (Å²) in [4.78, 5) is 16.9. The Balaban J connectivity index is 1.78. The summed E-state index contributed by atoms with van der Waals surface area (Å²) in [6.45, 7) is 0. The number of anilines is 1. The molecule has 28 heavy (non-hydrogen) atoms. The zero-order valence-electron chi connectivity index (χ0n) is 14.6. The van der Waals surface area contributed by atoms with Crippen LogP contribution in [-0.2, 0) is 4.79 Å². The number of aromatic nitrogens is 1. The van der Waals surface area contributed by atoms with Gasteiger partial charge in [-0.1, -0.05) is 35.3 Å². The largest absolute Gasteiger partial charge is 0.495 e. The average molecular weight is 430 g/mol. The molecule has 0 unspecified atom stereocenters. The van der Waals surface area contributed by atoms with E-state index in [1.54, 1.807) is 35.7 Å². The minimum atomic E-state index is -0.551. The Bertz CT molecular complexity index is 1090. The van der Waals surface area contributed by atoms with Crippen molar-refractivity contribution in [3.63, 3.8) is 0 Å². The normalized spacial score (nSPS) is 11.0. The van der Waals surface area contributed by atoms with Gasteiger partial charge in [0.05, 0.1) is 17.8 Å². The Labute approximate surface area is 175 Å². The van der Waals surface area contributed by atoms with Gasteiger partial charge in [0.25, 0.3) is 5.91 Å². The number of amides is 1. The van der Waals surface area contributed by atoms with E-state index in [1.165, 1.54) is 24.5 Å². The molecule has 0 fully saturated rings. The number of nitrogens with one attached hydrogen (secondary N) is 1. The van der Waals surface area contributed by atoms with Crippen LogP contribution in [-0.4, -0.2) is 18.0 Å². The van der Waals surface area contributed by atoms with E-state index in [4.69, 9.17) is 27.9 Å². The highest BCUT2D eigenvalue weighted by molar-refractivity contribution is 7.13. The van der Waals surface area contributed by atoms with Crippen molar-refractivity contribution in [2.75, 3.05) is 12.4 Å². The molecule has 0 atom stereocenters. The van der Waals surface area contributed by atoms with Crippen LogP contribution in [0.1, 0.15) is 5.69 Å². The third kappa shape index (κ3) is 4.70. The second-order valence-electron chi connectivity index (χ2n) is 5.56. The molecule has 0 aliphatic carbocycles. The lowest BCUT2D eigenvalue weighted by molar-refractivity contribution is -0.112. The van der Waals surface area contributed by atoms with Crippen molar-refractivity contribution in [3.8, 4) is 22.4 Å². The van der Waals surface area contributed by atoms with Crippen LogP contribution in [0.25, 0.3) is 16.6 Å². The van der Waals surface area contributed by atoms with Gasteiger partial charge in [-0.25, -0.2) is 4.98 Å². The summed E-state index contributed by atoms with van der Waals surface area (Å²) in [5, 5.41) is 15.5. The maximum Gasteiger partial charge on any atom is 0.266 e. The summed E-state index contributed by atoms with van der Waals surface area (Å²) in [6, 6.07) is 14.0. The van der Waals surface area contributed by atoms with Gasteiger partial charge >= 0.3 is 0 Å². The van der Waals surface area contributed by atoms with E-state index in [0.29, 0.717) is 27.2 Å². The summed E-state index contributed by atoms with van der Waals surface area (Å²) in [6.07, 6.45) is 1.44. The van der Waals surface area contributed by atoms with E-state index in [-0.39, 0.29) is 5.57 Å². The molecule has 5 nitrogen and oxygen atoms in total. The molecular formula is C20H13Cl2N3O2S. The predicted molar refractivity (Wildman–Crippen MR) is 113 cm³/mol. The number of ether oxygens (including phenoxy) is 1. The summed E-state index contributed by atoms with van der Waals surface area (Å²) >= 11 is 13.4. The second kappa shape index (κ2) is 8.89. The highest BCUT2D eigenvalue weighted by Crippen LogP contribution is 2.28. The number of nitrogens with zero attached hydrogens (tertiary/aromatic N) is 2. The van der Waals surface area contributed by atoms with Crippen LogP contribution in [0.5, 0.6) is 5.75 Å². The first-order chi connectivity index (χ1) is 13.5. The van der Waals surface area contributed by atoms with Crippen LogP contribution in [0.15, 0.2) is 53.4 Å². The number of hydrogen-bond acceptors (Lipinski definition) is 5. The Kier molecular flexibility index (Phi) is 6.32. The maximum absolute atomic E-state index is 12.4. The van der Waals surface area contributed by atoms with Gasteiger partial charge in [-0.15, -0.1) is 11.3 Å². The quantitative estimate of drug-likeness (QED) is 0.418. The van der Waals surface area contributed by atoms with E-state index >= 15 is 0 Å². The van der Waals surface area contributed by atoms with E-state index in [9.17, 15) is 10.1 Å². The van der Waals surface area contributed by atoms with Crippen molar-refractivity contribution in [2.45, 2.75) is 0 Å². The number of benzene rings is 2. The maximum atomic E-state index is 12.4. The lowest BCUT2D eigenvalue weighted by atomic mass is 10.2. The number of nitriles is 1. The third-order valence-corrected chi connectivity index (χ3v) is 5.14. The molecule has 0 aliphatic heterocycles. The second-order valence-corrected chi connectivity index (χ2v) is 7.26. The Morgan fingerprint density at radius 2 is 2.00 bits per heavy atom. The van der Waals surface area contributed by atoms with Crippen molar-refractivity contribution in [1.82, 2.24) is 4.98 Å². The zero-order chi connectivity index (χ0) is 20.1. The minimum Gasteiger partial charge on any atom is -0.495 e. The van der Waals surface area contributed by atoms with Crippen LogP contribution in [0.4, 0.5) is 5.69 Å².